The van der Waals surface area contributed by atoms with E-state index in [0.717, 1.165) is 11.1 Å². The van der Waals surface area contributed by atoms with Gasteiger partial charge in [0.2, 0.25) is 0 Å². The van der Waals surface area contributed by atoms with E-state index in [2.05, 4.69) is 15.6 Å². The molecule has 24 heavy (non-hydrogen) atoms. The SMILES string of the molecule is CC(C)NC(=NCc1ccccc1)NCc1ccc([N+](=O)[O-])cc1. The van der Waals surface area contributed by atoms with Gasteiger partial charge in [-0.15, -0.1) is 0 Å². The molecular weight excluding hydrogens is 304 g/mol. The van der Waals surface area contributed by atoms with Crippen molar-refractivity contribution in [3.8, 4) is 0 Å². The second-order valence-electron chi connectivity index (χ2n) is 5.73. The van der Waals surface area contributed by atoms with Crippen LogP contribution in [0.1, 0.15) is 25.0 Å². The lowest BCUT2D eigenvalue weighted by atomic mass is 10.2. The largest absolute Gasteiger partial charge is 0.354 e. The maximum absolute atomic E-state index is 10.7. The summed E-state index contributed by atoms with van der Waals surface area (Å²) in [5.41, 5.74) is 2.19. The highest BCUT2D eigenvalue weighted by Crippen LogP contribution is 2.11. The van der Waals surface area contributed by atoms with E-state index in [4.69, 9.17) is 0 Å². The van der Waals surface area contributed by atoms with Gasteiger partial charge in [-0.25, -0.2) is 4.99 Å². The van der Waals surface area contributed by atoms with Crippen LogP contribution in [0.5, 0.6) is 0 Å². The molecule has 2 aromatic carbocycles. The van der Waals surface area contributed by atoms with Gasteiger partial charge in [0, 0.05) is 24.7 Å². The Kier molecular flexibility index (Phi) is 6.31. The van der Waals surface area contributed by atoms with E-state index in [-0.39, 0.29) is 11.7 Å². The zero-order chi connectivity index (χ0) is 17.4. The standard InChI is InChI=1S/C18H22N4O2/c1-14(2)21-18(19-12-15-6-4-3-5-7-15)20-13-16-8-10-17(11-9-16)22(23)24/h3-11,14H,12-13H2,1-2H3,(H2,19,20,21). The first-order valence-corrected chi connectivity index (χ1v) is 7.86. The van der Waals surface area contributed by atoms with Crippen LogP contribution in [0.3, 0.4) is 0 Å². The van der Waals surface area contributed by atoms with Gasteiger partial charge in [-0.2, -0.15) is 0 Å². The van der Waals surface area contributed by atoms with Gasteiger partial charge in [0.05, 0.1) is 11.5 Å². The molecule has 0 aliphatic carbocycles. The molecule has 0 unspecified atom stereocenters. The van der Waals surface area contributed by atoms with Gasteiger partial charge in [0.25, 0.3) is 5.69 Å². The summed E-state index contributed by atoms with van der Waals surface area (Å²) in [6.45, 7) is 5.23. The van der Waals surface area contributed by atoms with Crippen molar-refractivity contribution in [3.05, 3.63) is 75.8 Å². The van der Waals surface area contributed by atoms with Gasteiger partial charge in [-0.1, -0.05) is 42.5 Å². The van der Waals surface area contributed by atoms with Crippen LogP contribution in [0.2, 0.25) is 0 Å². The van der Waals surface area contributed by atoms with E-state index in [1.807, 2.05) is 44.2 Å². The van der Waals surface area contributed by atoms with Crippen LogP contribution in [0.25, 0.3) is 0 Å². The number of hydrogen-bond acceptors (Lipinski definition) is 3. The summed E-state index contributed by atoms with van der Waals surface area (Å²) in [5, 5.41) is 17.2. The molecule has 2 rings (SSSR count). The predicted octanol–water partition coefficient (Wildman–Crippen LogP) is 3.24. The zero-order valence-corrected chi connectivity index (χ0v) is 13.9. The molecule has 0 radical (unpaired) electrons. The number of rotatable bonds is 6. The van der Waals surface area contributed by atoms with E-state index < -0.39 is 4.92 Å². The van der Waals surface area contributed by atoms with E-state index >= 15 is 0 Å². The van der Waals surface area contributed by atoms with Crippen LogP contribution in [0.4, 0.5) is 5.69 Å². The Balaban J connectivity index is 1.99. The lowest BCUT2D eigenvalue weighted by Crippen LogP contribution is -2.40. The highest BCUT2D eigenvalue weighted by molar-refractivity contribution is 5.80. The minimum atomic E-state index is -0.399. The van der Waals surface area contributed by atoms with Gasteiger partial charge in [0.1, 0.15) is 0 Å². The summed E-state index contributed by atoms with van der Waals surface area (Å²) in [7, 11) is 0. The molecule has 0 atom stereocenters. The second-order valence-corrected chi connectivity index (χ2v) is 5.73. The molecule has 126 valence electrons. The summed E-state index contributed by atoms with van der Waals surface area (Å²) in [6, 6.07) is 16.8. The number of guanidine groups is 1. The molecule has 0 aromatic heterocycles. The maximum Gasteiger partial charge on any atom is 0.269 e. The fraction of sp³-hybridized carbons (Fsp3) is 0.278. The summed E-state index contributed by atoms with van der Waals surface area (Å²) in [5.74, 6) is 0.715. The molecular formula is C18H22N4O2. The van der Waals surface area contributed by atoms with Crippen molar-refractivity contribution in [1.29, 1.82) is 0 Å². The Bertz CT molecular complexity index is 682. The summed E-state index contributed by atoms with van der Waals surface area (Å²) < 4.78 is 0. The lowest BCUT2D eigenvalue weighted by Gasteiger charge is -2.15. The fourth-order valence-corrected chi connectivity index (χ4v) is 2.10. The van der Waals surface area contributed by atoms with Gasteiger partial charge in [-0.05, 0) is 25.0 Å². The average molecular weight is 326 g/mol. The Morgan fingerprint density at radius 1 is 1.08 bits per heavy atom. The van der Waals surface area contributed by atoms with Gasteiger partial charge in [0.15, 0.2) is 5.96 Å². The molecule has 0 heterocycles. The first-order chi connectivity index (χ1) is 11.5. The van der Waals surface area contributed by atoms with Crippen molar-refractivity contribution in [2.45, 2.75) is 33.0 Å². The van der Waals surface area contributed by atoms with Crippen LogP contribution in [0.15, 0.2) is 59.6 Å². The molecule has 0 saturated heterocycles. The Hall–Kier alpha value is -2.89. The molecule has 2 aromatic rings. The van der Waals surface area contributed by atoms with Crippen LogP contribution >= 0.6 is 0 Å². The van der Waals surface area contributed by atoms with Crippen molar-refractivity contribution in [2.24, 2.45) is 4.99 Å². The van der Waals surface area contributed by atoms with E-state index in [0.29, 0.717) is 19.0 Å². The third kappa shape index (κ3) is 5.72. The van der Waals surface area contributed by atoms with Crippen molar-refractivity contribution < 1.29 is 4.92 Å². The molecule has 2 N–H and O–H groups in total. The highest BCUT2D eigenvalue weighted by atomic mass is 16.6. The number of nitro groups is 1. The number of benzene rings is 2. The van der Waals surface area contributed by atoms with Crippen molar-refractivity contribution >= 4 is 11.6 Å². The smallest absolute Gasteiger partial charge is 0.269 e. The van der Waals surface area contributed by atoms with Gasteiger partial charge < -0.3 is 10.6 Å². The molecule has 0 amide bonds. The second kappa shape index (κ2) is 8.67. The molecule has 6 nitrogen and oxygen atoms in total. The Morgan fingerprint density at radius 3 is 2.33 bits per heavy atom. The summed E-state index contributed by atoms with van der Waals surface area (Å²) in [6.07, 6.45) is 0. The van der Waals surface area contributed by atoms with Crippen LogP contribution < -0.4 is 10.6 Å². The van der Waals surface area contributed by atoms with Crippen molar-refractivity contribution in [2.75, 3.05) is 0 Å². The number of nitro benzene ring substituents is 1. The Morgan fingerprint density at radius 2 is 1.75 bits per heavy atom. The minimum Gasteiger partial charge on any atom is -0.354 e. The molecule has 0 spiro atoms. The predicted molar refractivity (Wildman–Crippen MR) is 95.8 cm³/mol. The van der Waals surface area contributed by atoms with Crippen LogP contribution in [-0.4, -0.2) is 16.9 Å². The van der Waals surface area contributed by atoms with E-state index in [1.165, 1.54) is 12.1 Å². The molecule has 0 aliphatic heterocycles. The third-order valence-corrected chi connectivity index (χ3v) is 3.30. The molecule has 6 heteroatoms. The molecule has 0 aliphatic rings. The normalized spacial score (nSPS) is 11.4. The number of non-ortho nitro benzene ring substituents is 1. The topological polar surface area (TPSA) is 79.6 Å². The number of nitrogens with zero attached hydrogens (tertiary/aromatic N) is 2. The van der Waals surface area contributed by atoms with Crippen LogP contribution in [-0.2, 0) is 13.1 Å². The van der Waals surface area contributed by atoms with Gasteiger partial charge in [-0.3, -0.25) is 10.1 Å². The number of aliphatic imine (C=N–C) groups is 1. The monoisotopic (exact) mass is 326 g/mol. The Labute approximate surface area is 141 Å². The third-order valence-electron chi connectivity index (χ3n) is 3.30. The quantitative estimate of drug-likeness (QED) is 0.370. The first kappa shape index (κ1) is 17.5. The molecule has 0 fully saturated rings. The van der Waals surface area contributed by atoms with E-state index in [1.54, 1.807) is 12.1 Å². The summed E-state index contributed by atoms with van der Waals surface area (Å²) >= 11 is 0. The van der Waals surface area contributed by atoms with E-state index in [9.17, 15) is 10.1 Å². The van der Waals surface area contributed by atoms with Gasteiger partial charge >= 0.3 is 0 Å². The average Bonchev–Trinajstić information content (AvgIpc) is 2.58. The van der Waals surface area contributed by atoms with Crippen LogP contribution in [0, 0.1) is 10.1 Å². The summed E-state index contributed by atoms with van der Waals surface area (Å²) in [4.78, 5) is 14.9. The maximum atomic E-state index is 10.7. The highest BCUT2D eigenvalue weighted by Gasteiger charge is 2.05. The van der Waals surface area contributed by atoms with Crippen molar-refractivity contribution in [3.63, 3.8) is 0 Å². The van der Waals surface area contributed by atoms with Crippen molar-refractivity contribution in [1.82, 2.24) is 10.6 Å². The number of nitrogens with one attached hydrogen (secondary N) is 2. The zero-order valence-electron chi connectivity index (χ0n) is 13.9. The fourth-order valence-electron chi connectivity index (χ4n) is 2.10. The molecule has 0 bridgehead atoms. The molecule has 0 saturated carbocycles. The minimum absolute atomic E-state index is 0.0945. The lowest BCUT2D eigenvalue weighted by molar-refractivity contribution is -0.384. The first-order valence-electron chi connectivity index (χ1n) is 7.86. The number of hydrogen-bond donors (Lipinski definition) is 2.